The third-order valence-corrected chi connectivity index (χ3v) is 2.56. The zero-order valence-electron chi connectivity index (χ0n) is 6.67. The first kappa shape index (κ1) is 9.88. The van der Waals surface area contributed by atoms with E-state index in [-0.39, 0.29) is 0 Å². The monoisotopic (exact) mass is 198 g/mol. The van der Waals surface area contributed by atoms with E-state index in [1.54, 1.807) is 18.2 Å². The molecule has 4 nitrogen and oxygen atoms in total. The summed E-state index contributed by atoms with van der Waals surface area (Å²) < 4.78 is 21.8. The second-order valence-corrected chi connectivity index (χ2v) is 4.15. The minimum absolute atomic E-state index is 0.333. The molecule has 0 saturated carbocycles. The Labute approximate surface area is 76.4 Å². The van der Waals surface area contributed by atoms with Gasteiger partial charge in [-0.3, -0.25) is 4.79 Å². The lowest BCUT2D eigenvalue weighted by atomic mass is 10.2. The quantitative estimate of drug-likeness (QED) is 0.749. The summed E-state index contributed by atoms with van der Waals surface area (Å²) in [6.45, 7) is 0. The molecule has 5 heteroatoms. The first-order valence-electron chi connectivity index (χ1n) is 3.50. The second-order valence-electron chi connectivity index (χ2n) is 2.50. The van der Waals surface area contributed by atoms with Gasteiger partial charge < -0.3 is 0 Å². The predicted octanol–water partition coefficient (Wildman–Crippen LogP) is 0.126. The summed E-state index contributed by atoms with van der Waals surface area (Å²) >= 11 is 0. The number of carbonyl (C=O) groups excluding carboxylic acids is 1. The van der Waals surface area contributed by atoms with Gasteiger partial charge in [0.15, 0.2) is 5.25 Å². The van der Waals surface area contributed by atoms with Crippen molar-refractivity contribution in [2.24, 2.45) is 5.14 Å². The highest BCUT2D eigenvalue weighted by Gasteiger charge is 2.23. The maximum absolute atomic E-state index is 10.9. The van der Waals surface area contributed by atoms with Crippen LogP contribution < -0.4 is 5.14 Å². The van der Waals surface area contributed by atoms with E-state index in [9.17, 15) is 13.2 Å². The Kier molecular flexibility index (Phi) is 2.79. The zero-order chi connectivity index (χ0) is 9.90. The lowest BCUT2D eigenvalue weighted by Gasteiger charge is -2.05. The van der Waals surface area contributed by atoms with E-state index in [1.807, 2.05) is 0 Å². The molecule has 1 radical (unpaired) electrons. The average molecular weight is 198 g/mol. The van der Waals surface area contributed by atoms with Crippen molar-refractivity contribution >= 4 is 16.3 Å². The highest BCUT2D eigenvalue weighted by molar-refractivity contribution is 7.90. The summed E-state index contributed by atoms with van der Waals surface area (Å²) in [5, 5.41) is 3.45. The van der Waals surface area contributed by atoms with E-state index in [0.717, 1.165) is 0 Å². The molecule has 0 aliphatic carbocycles. The number of sulfonamides is 1. The van der Waals surface area contributed by atoms with Crippen molar-refractivity contribution in [3.8, 4) is 0 Å². The number of benzene rings is 1. The summed E-state index contributed by atoms with van der Waals surface area (Å²) in [5.41, 5.74) is 0.333. The van der Waals surface area contributed by atoms with Crippen molar-refractivity contribution < 1.29 is 13.2 Å². The van der Waals surface area contributed by atoms with E-state index >= 15 is 0 Å². The fourth-order valence-electron chi connectivity index (χ4n) is 0.953. The van der Waals surface area contributed by atoms with Crippen LogP contribution in [0, 0.1) is 0 Å². The predicted molar refractivity (Wildman–Crippen MR) is 48.0 cm³/mol. The molecule has 0 spiro atoms. The van der Waals surface area contributed by atoms with Crippen molar-refractivity contribution in [2.45, 2.75) is 5.25 Å². The number of hydrogen-bond acceptors (Lipinski definition) is 3. The molecule has 0 amide bonds. The third-order valence-electron chi connectivity index (χ3n) is 1.54. The van der Waals surface area contributed by atoms with Crippen LogP contribution in [0.2, 0.25) is 0 Å². The van der Waals surface area contributed by atoms with E-state index in [0.29, 0.717) is 5.56 Å². The van der Waals surface area contributed by atoms with Crippen LogP contribution in [0.15, 0.2) is 30.3 Å². The van der Waals surface area contributed by atoms with Crippen LogP contribution in [0.5, 0.6) is 0 Å². The summed E-state index contributed by atoms with van der Waals surface area (Å²) in [6, 6.07) is 8.00. The zero-order valence-corrected chi connectivity index (χ0v) is 7.49. The van der Waals surface area contributed by atoms with Crippen LogP contribution in [-0.4, -0.2) is 14.7 Å². The fraction of sp³-hybridized carbons (Fsp3) is 0.125. The van der Waals surface area contributed by atoms with Crippen LogP contribution in [-0.2, 0) is 14.8 Å². The number of nitrogens with two attached hydrogens (primary N) is 1. The Balaban J connectivity index is 3.13. The number of hydrogen-bond donors (Lipinski definition) is 1. The van der Waals surface area contributed by atoms with Gasteiger partial charge in [-0.2, -0.15) is 0 Å². The van der Waals surface area contributed by atoms with E-state index in [2.05, 4.69) is 0 Å². The molecule has 13 heavy (non-hydrogen) atoms. The van der Waals surface area contributed by atoms with Crippen molar-refractivity contribution in [3.63, 3.8) is 0 Å². The molecule has 1 unspecified atom stereocenters. The Morgan fingerprint density at radius 2 is 1.77 bits per heavy atom. The molecule has 0 heterocycles. The second kappa shape index (κ2) is 3.68. The molecular weight excluding hydrogens is 190 g/mol. The smallest absolute Gasteiger partial charge is 0.224 e. The summed E-state index contributed by atoms with van der Waals surface area (Å²) in [6.07, 6.45) is 1.40. The SMILES string of the molecule is NS(=O)(=O)C([C]=O)c1ccccc1. The van der Waals surface area contributed by atoms with Gasteiger partial charge in [-0.05, 0) is 5.56 Å². The Hall–Kier alpha value is -1.20. The molecule has 0 fully saturated rings. The largest absolute Gasteiger partial charge is 0.289 e. The van der Waals surface area contributed by atoms with Crippen molar-refractivity contribution in [1.82, 2.24) is 0 Å². The maximum Gasteiger partial charge on any atom is 0.224 e. The first-order valence-corrected chi connectivity index (χ1v) is 5.11. The average Bonchev–Trinajstić information content (AvgIpc) is 2.05. The number of rotatable bonds is 3. The normalized spacial score (nSPS) is 13.6. The molecule has 1 aromatic carbocycles. The van der Waals surface area contributed by atoms with Crippen molar-refractivity contribution in [2.75, 3.05) is 0 Å². The van der Waals surface area contributed by atoms with Gasteiger partial charge in [0.05, 0.1) is 0 Å². The molecule has 1 atom stereocenters. The molecule has 1 rings (SSSR count). The molecule has 0 aliphatic heterocycles. The highest BCUT2D eigenvalue weighted by atomic mass is 32.2. The first-order chi connectivity index (χ1) is 6.05. The van der Waals surface area contributed by atoms with Gasteiger partial charge in [-0.1, -0.05) is 30.3 Å². The molecule has 0 aliphatic rings. The standard InChI is InChI=1S/C8H8NO3S/c9-13(11,12)8(6-10)7-4-2-1-3-5-7/h1-5,8H,(H2,9,11,12). The molecule has 0 aromatic heterocycles. The summed E-state index contributed by atoms with van der Waals surface area (Å²) in [7, 11) is -3.89. The van der Waals surface area contributed by atoms with Crippen molar-refractivity contribution in [1.29, 1.82) is 0 Å². The Morgan fingerprint density at radius 1 is 1.23 bits per heavy atom. The fourth-order valence-corrected chi connectivity index (χ4v) is 1.62. The molecule has 69 valence electrons. The number of primary sulfonamides is 1. The van der Waals surface area contributed by atoms with Crippen LogP contribution in [0.4, 0.5) is 0 Å². The molecule has 1 aromatic rings. The van der Waals surface area contributed by atoms with Crippen LogP contribution in [0.1, 0.15) is 10.8 Å². The van der Waals surface area contributed by atoms with Crippen molar-refractivity contribution in [3.05, 3.63) is 35.9 Å². The highest BCUT2D eigenvalue weighted by Crippen LogP contribution is 2.16. The minimum atomic E-state index is -3.89. The van der Waals surface area contributed by atoms with Gasteiger partial charge in [-0.25, -0.2) is 13.6 Å². The van der Waals surface area contributed by atoms with E-state index in [4.69, 9.17) is 5.14 Å². The molecular formula is C8H8NO3S. The van der Waals surface area contributed by atoms with Gasteiger partial charge in [-0.15, -0.1) is 0 Å². The van der Waals surface area contributed by atoms with Gasteiger partial charge in [0, 0.05) is 0 Å². The Morgan fingerprint density at radius 3 is 2.15 bits per heavy atom. The lowest BCUT2D eigenvalue weighted by Crippen LogP contribution is -2.22. The summed E-state index contributed by atoms with van der Waals surface area (Å²) in [4.78, 5) is 10.4. The topological polar surface area (TPSA) is 77.2 Å². The lowest BCUT2D eigenvalue weighted by molar-refractivity contribution is 0.547. The minimum Gasteiger partial charge on any atom is -0.289 e. The van der Waals surface area contributed by atoms with Crippen LogP contribution in [0.3, 0.4) is 0 Å². The van der Waals surface area contributed by atoms with Crippen LogP contribution >= 0.6 is 0 Å². The van der Waals surface area contributed by atoms with Gasteiger partial charge in [0.2, 0.25) is 16.3 Å². The third kappa shape index (κ3) is 2.37. The van der Waals surface area contributed by atoms with Gasteiger partial charge >= 0.3 is 0 Å². The van der Waals surface area contributed by atoms with Gasteiger partial charge in [0.1, 0.15) is 0 Å². The summed E-state index contributed by atoms with van der Waals surface area (Å²) in [5.74, 6) is 0. The Bertz CT molecular complexity index is 385. The molecule has 0 bridgehead atoms. The van der Waals surface area contributed by atoms with E-state index < -0.39 is 15.3 Å². The van der Waals surface area contributed by atoms with Crippen LogP contribution in [0.25, 0.3) is 0 Å². The molecule has 2 N–H and O–H groups in total. The van der Waals surface area contributed by atoms with E-state index in [1.165, 1.54) is 18.4 Å². The molecule has 0 saturated heterocycles. The van der Waals surface area contributed by atoms with Gasteiger partial charge in [0.25, 0.3) is 0 Å². The maximum atomic E-state index is 10.9.